The van der Waals surface area contributed by atoms with Crippen LogP contribution in [0.15, 0.2) is 0 Å². The molecule has 1 aliphatic rings. The van der Waals surface area contributed by atoms with E-state index in [4.69, 9.17) is 0 Å². The van der Waals surface area contributed by atoms with Crippen LogP contribution in [0.5, 0.6) is 0 Å². The molecule has 15 heavy (non-hydrogen) atoms. The summed E-state index contributed by atoms with van der Waals surface area (Å²) in [7, 11) is 5.98. The number of nitrogens with zero attached hydrogens (tertiary/aromatic N) is 2. The second-order valence-corrected chi connectivity index (χ2v) is 5.21. The van der Waals surface area contributed by atoms with Gasteiger partial charge in [0.05, 0.1) is 6.54 Å². The maximum atomic E-state index is 11.7. The second-order valence-electron chi connectivity index (χ2n) is 4.13. The van der Waals surface area contributed by atoms with Gasteiger partial charge in [-0.2, -0.15) is 11.8 Å². The van der Waals surface area contributed by atoms with Crippen LogP contribution in [0.3, 0.4) is 0 Å². The fourth-order valence-corrected chi connectivity index (χ4v) is 2.92. The van der Waals surface area contributed by atoms with Crippen LogP contribution >= 0.6 is 11.8 Å². The molecule has 0 aromatic carbocycles. The summed E-state index contributed by atoms with van der Waals surface area (Å²) in [5.41, 5.74) is 0. The minimum atomic E-state index is 0.209. The van der Waals surface area contributed by atoms with Gasteiger partial charge in [0.25, 0.3) is 0 Å². The third kappa shape index (κ3) is 3.09. The van der Waals surface area contributed by atoms with Gasteiger partial charge in [0, 0.05) is 24.4 Å². The third-order valence-corrected chi connectivity index (χ3v) is 3.95. The van der Waals surface area contributed by atoms with E-state index in [1.807, 2.05) is 23.7 Å². The van der Waals surface area contributed by atoms with Crippen LogP contribution in [0.25, 0.3) is 0 Å². The molecule has 0 radical (unpaired) electrons. The molecule has 1 aliphatic heterocycles. The number of thioether (sulfide) groups is 1. The molecule has 1 heterocycles. The van der Waals surface area contributed by atoms with E-state index < -0.39 is 0 Å². The summed E-state index contributed by atoms with van der Waals surface area (Å²) < 4.78 is 0. The van der Waals surface area contributed by atoms with Crippen molar-refractivity contribution in [1.82, 2.24) is 15.1 Å². The number of nitrogens with one attached hydrogen (secondary N) is 1. The number of carbonyl (C=O) groups is 1. The van der Waals surface area contributed by atoms with Crippen molar-refractivity contribution in [3.8, 4) is 0 Å². The Bertz CT molecular complexity index is 223. The van der Waals surface area contributed by atoms with Crippen molar-refractivity contribution in [2.75, 3.05) is 47.0 Å². The van der Waals surface area contributed by atoms with Gasteiger partial charge in [-0.05, 0) is 27.4 Å². The van der Waals surface area contributed by atoms with Crippen LogP contribution in [0.1, 0.15) is 0 Å². The largest absolute Gasteiger partial charge is 0.339 e. The molecule has 88 valence electrons. The summed E-state index contributed by atoms with van der Waals surface area (Å²) in [6, 6.07) is 0.487. The van der Waals surface area contributed by atoms with E-state index in [0.717, 1.165) is 13.1 Å². The highest BCUT2D eigenvalue weighted by atomic mass is 32.2. The van der Waals surface area contributed by atoms with Gasteiger partial charge in [0.1, 0.15) is 0 Å². The van der Waals surface area contributed by atoms with E-state index in [0.29, 0.717) is 17.8 Å². The minimum Gasteiger partial charge on any atom is -0.339 e. The zero-order valence-electron chi connectivity index (χ0n) is 9.99. The molecular weight excluding hydrogens is 210 g/mol. The molecule has 1 N–H and O–H groups in total. The number of likely N-dealkylation sites (tertiary alicyclic amines) is 1. The molecule has 1 amide bonds. The van der Waals surface area contributed by atoms with Gasteiger partial charge in [0.2, 0.25) is 5.91 Å². The minimum absolute atomic E-state index is 0.209. The van der Waals surface area contributed by atoms with Crippen molar-refractivity contribution < 1.29 is 4.79 Å². The number of rotatable bonds is 4. The van der Waals surface area contributed by atoms with Gasteiger partial charge >= 0.3 is 0 Å². The van der Waals surface area contributed by atoms with Crippen molar-refractivity contribution in [3.05, 3.63) is 0 Å². The molecule has 2 unspecified atom stereocenters. The first-order valence-electron chi connectivity index (χ1n) is 5.21. The third-order valence-electron chi connectivity index (χ3n) is 2.88. The van der Waals surface area contributed by atoms with E-state index in [-0.39, 0.29) is 5.91 Å². The normalized spacial score (nSPS) is 26.3. The lowest BCUT2D eigenvalue weighted by Crippen LogP contribution is -2.39. The molecule has 1 fully saturated rings. The predicted molar refractivity (Wildman–Crippen MR) is 65.3 cm³/mol. The lowest BCUT2D eigenvalue weighted by atomic mass is 10.2. The average molecular weight is 231 g/mol. The Morgan fingerprint density at radius 2 is 2.20 bits per heavy atom. The maximum Gasteiger partial charge on any atom is 0.236 e. The molecule has 1 rings (SSSR count). The zero-order chi connectivity index (χ0) is 11.4. The van der Waals surface area contributed by atoms with Crippen LogP contribution < -0.4 is 5.32 Å². The van der Waals surface area contributed by atoms with E-state index >= 15 is 0 Å². The predicted octanol–water partition coefficient (Wildman–Crippen LogP) is -0.290. The van der Waals surface area contributed by atoms with Gasteiger partial charge in [-0.1, -0.05) is 0 Å². The summed E-state index contributed by atoms with van der Waals surface area (Å²) in [4.78, 5) is 15.9. The number of hydrogen-bond acceptors (Lipinski definition) is 4. The van der Waals surface area contributed by atoms with E-state index in [1.54, 1.807) is 0 Å². The van der Waals surface area contributed by atoms with Crippen LogP contribution in [-0.2, 0) is 4.79 Å². The Morgan fingerprint density at radius 1 is 1.53 bits per heavy atom. The van der Waals surface area contributed by atoms with Gasteiger partial charge in [-0.15, -0.1) is 0 Å². The van der Waals surface area contributed by atoms with Crippen LogP contribution in [-0.4, -0.2) is 74.0 Å². The first-order chi connectivity index (χ1) is 7.10. The Kier molecular flexibility index (Phi) is 4.89. The van der Waals surface area contributed by atoms with Crippen molar-refractivity contribution in [2.24, 2.45) is 0 Å². The molecule has 0 aromatic heterocycles. The van der Waals surface area contributed by atoms with E-state index in [1.165, 1.54) is 0 Å². The summed E-state index contributed by atoms with van der Waals surface area (Å²) in [5, 5.41) is 3.45. The van der Waals surface area contributed by atoms with E-state index in [2.05, 4.69) is 30.6 Å². The number of amides is 1. The second kappa shape index (κ2) is 5.72. The Morgan fingerprint density at radius 3 is 2.60 bits per heavy atom. The first kappa shape index (κ1) is 12.8. The number of likely N-dealkylation sites (N-methyl/N-ethyl adjacent to an activating group) is 2. The molecule has 2 atom stereocenters. The van der Waals surface area contributed by atoms with Gasteiger partial charge < -0.3 is 15.1 Å². The summed E-state index contributed by atoms with van der Waals surface area (Å²) in [5.74, 6) is 0.209. The number of hydrogen-bond donors (Lipinski definition) is 1. The highest BCUT2D eigenvalue weighted by Gasteiger charge is 2.35. The molecule has 1 saturated heterocycles. The average Bonchev–Trinajstić information content (AvgIpc) is 2.61. The maximum absolute atomic E-state index is 11.7. The van der Waals surface area contributed by atoms with Gasteiger partial charge in [-0.3, -0.25) is 4.79 Å². The van der Waals surface area contributed by atoms with Gasteiger partial charge in [-0.25, -0.2) is 0 Å². The fourth-order valence-electron chi connectivity index (χ4n) is 1.95. The highest BCUT2D eigenvalue weighted by molar-refractivity contribution is 7.99. The smallest absolute Gasteiger partial charge is 0.236 e. The molecule has 0 aliphatic carbocycles. The lowest BCUT2D eigenvalue weighted by Gasteiger charge is -2.23. The molecule has 0 bridgehead atoms. The zero-order valence-corrected chi connectivity index (χ0v) is 10.8. The fraction of sp³-hybridized carbons (Fsp3) is 0.900. The Hall–Kier alpha value is -0.260. The Labute approximate surface area is 96.4 Å². The Balaban J connectivity index is 2.56. The monoisotopic (exact) mass is 231 g/mol. The van der Waals surface area contributed by atoms with Crippen molar-refractivity contribution in [3.63, 3.8) is 0 Å². The molecule has 0 saturated carbocycles. The van der Waals surface area contributed by atoms with Crippen molar-refractivity contribution in [1.29, 1.82) is 0 Å². The molecule has 4 nitrogen and oxygen atoms in total. The molecule has 0 aromatic rings. The van der Waals surface area contributed by atoms with Crippen LogP contribution in [0.2, 0.25) is 0 Å². The topological polar surface area (TPSA) is 35.6 Å². The lowest BCUT2D eigenvalue weighted by molar-refractivity contribution is -0.129. The SMILES string of the molecule is CNCC(=O)N1CC(SC)C(N(C)C)C1. The quantitative estimate of drug-likeness (QED) is 0.721. The standard InChI is InChI=1S/C10H21N3OS/c1-11-5-10(14)13-6-8(12(2)3)9(7-13)15-4/h8-9,11H,5-7H2,1-4H3. The summed E-state index contributed by atoms with van der Waals surface area (Å²) in [6.45, 7) is 2.19. The molecular formula is C10H21N3OS. The van der Waals surface area contributed by atoms with Gasteiger partial charge in [0.15, 0.2) is 0 Å². The highest BCUT2D eigenvalue weighted by Crippen LogP contribution is 2.23. The summed E-state index contributed by atoms with van der Waals surface area (Å²) in [6.07, 6.45) is 2.12. The number of carbonyl (C=O) groups excluding carboxylic acids is 1. The van der Waals surface area contributed by atoms with Crippen LogP contribution in [0.4, 0.5) is 0 Å². The molecule has 5 heteroatoms. The summed E-state index contributed by atoms with van der Waals surface area (Å²) >= 11 is 1.85. The van der Waals surface area contributed by atoms with Crippen molar-refractivity contribution in [2.45, 2.75) is 11.3 Å². The molecule has 0 spiro atoms. The van der Waals surface area contributed by atoms with Crippen molar-refractivity contribution >= 4 is 17.7 Å². The van der Waals surface area contributed by atoms with Crippen LogP contribution in [0, 0.1) is 0 Å². The van der Waals surface area contributed by atoms with E-state index in [9.17, 15) is 4.79 Å². The first-order valence-corrected chi connectivity index (χ1v) is 6.50.